The summed E-state index contributed by atoms with van der Waals surface area (Å²) in [6, 6.07) is 20.5. The zero-order chi connectivity index (χ0) is 18.1. The Morgan fingerprint density at radius 1 is 0.962 bits per heavy atom. The molecule has 4 rings (SSSR count). The molecule has 0 unspecified atom stereocenters. The molecule has 0 bridgehead atoms. The summed E-state index contributed by atoms with van der Waals surface area (Å²) < 4.78 is 0. The summed E-state index contributed by atoms with van der Waals surface area (Å²) in [4.78, 5) is 26.9. The molecule has 0 saturated heterocycles. The number of rotatable bonds is 2. The van der Waals surface area contributed by atoms with Crippen molar-refractivity contribution in [1.29, 1.82) is 0 Å². The van der Waals surface area contributed by atoms with Gasteiger partial charge < -0.3 is 10.6 Å². The molecule has 3 aromatic carbocycles. The Morgan fingerprint density at radius 3 is 2.58 bits per heavy atom. The summed E-state index contributed by atoms with van der Waals surface area (Å²) in [6.07, 6.45) is 0. The summed E-state index contributed by atoms with van der Waals surface area (Å²) in [5.41, 5.74) is 3.56. The zero-order valence-corrected chi connectivity index (χ0v) is 14.9. The second kappa shape index (κ2) is 6.69. The maximum absolute atomic E-state index is 12.6. The minimum atomic E-state index is -0.205. The molecule has 0 radical (unpaired) electrons. The molecule has 2 N–H and O–H groups in total. The number of carbonyl (C=O) groups is 2. The highest BCUT2D eigenvalue weighted by Crippen LogP contribution is 2.39. The van der Waals surface area contributed by atoms with E-state index in [2.05, 4.69) is 10.6 Å². The predicted octanol–water partition coefficient (Wildman–Crippen LogP) is 4.96. The number of nitrogens with one attached hydrogen (secondary N) is 2. The van der Waals surface area contributed by atoms with Crippen LogP contribution in [0, 0.1) is 6.92 Å². The SMILES string of the molecule is Cc1ccccc1NC(=O)c1ccc2c(c1)NC(=O)c1ccccc1S2. The van der Waals surface area contributed by atoms with Crippen molar-refractivity contribution in [2.75, 3.05) is 10.6 Å². The van der Waals surface area contributed by atoms with Gasteiger partial charge >= 0.3 is 0 Å². The van der Waals surface area contributed by atoms with E-state index >= 15 is 0 Å². The number of anilines is 2. The standard InChI is InChI=1S/C21H16N2O2S/c1-13-6-2-4-8-16(13)22-20(24)14-10-11-19-17(12-14)23-21(25)15-7-3-5-9-18(15)26-19/h2-12H,1H3,(H,22,24)(H,23,25). The van der Waals surface area contributed by atoms with E-state index in [-0.39, 0.29) is 11.8 Å². The van der Waals surface area contributed by atoms with Gasteiger partial charge in [0.25, 0.3) is 11.8 Å². The summed E-state index contributed by atoms with van der Waals surface area (Å²) in [5, 5.41) is 5.83. The quantitative estimate of drug-likeness (QED) is 0.679. The lowest BCUT2D eigenvalue weighted by Crippen LogP contribution is -2.15. The van der Waals surface area contributed by atoms with Gasteiger partial charge in [0.15, 0.2) is 0 Å². The van der Waals surface area contributed by atoms with Crippen molar-refractivity contribution in [1.82, 2.24) is 0 Å². The summed E-state index contributed by atoms with van der Waals surface area (Å²) >= 11 is 1.52. The normalized spacial score (nSPS) is 12.4. The first-order chi connectivity index (χ1) is 12.6. The van der Waals surface area contributed by atoms with Crippen molar-refractivity contribution in [2.24, 2.45) is 0 Å². The highest BCUT2D eigenvalue weighted by Gasteiger charge is 2.20. The predicted molar refractivity (Wildman–Crippen MR) is 104 cm³/mol. The van der Waals surface area contributed by atoms with Gasteiger partial charge in [0.2, 0.25) is 0 Å². The van der Waals surface area contributed by atoms with E-state index < -0.39 is 0 Å². The molecule has 5 heteroatoms. The molecule has 3 aromatic rings. The topological polar surface area (TPSA) is 58.2 Å². The number of hydrogen-bond acceptors (Lipinski definition) is 3. The Kier molecular flexibility index (Phi) is 4.22. The Morgan fingerprint density at radius 2 is 1.73 bits per heavy atom. The van der Waals surface area contributed by atoms with Gasteiger partial charge in [0.05, 0.1) is 11.3 Å². The van der Waals surface area contributed by atoms with Crippen LogP contribution in [0.1, 0.15) is 26.3 Å². The Labute approximate surface area is 155 Å². The fourth-order valence-corrected chi connectivity index (χ4v) is 3.83. The van der Waals surface area contributed by atoms with Crippen molar-refractivity contribution >= 4 is 35.0 Å². The van der Waals surface area contributed by atoms with Gasteiger partial charge in [-0.25, -0.2) is 0 Å². The van der Waals surface area contributed by atoms with E-state index in [9.17, 15) is 9.59 Å². The maximum atomic E-state index is 12.6. The highest BCUT2D eigenvalue weighted by atomic mass is 32.2. The molecule has 26 heavy (non-hydrogen) atoms. The van der Waals surface area contributed by atoms with E-state index in [1.807, 2.05) is 55.5 Å². The van der Waals surface area contributed by atoms with Gasteiger partial charge in [-0.15, -0.1) is 0 Å². The molecule has 0 aromatic heterocycles. The number of carbonyl (C=O) groups excluding carboxylic acids is 2. The number of hydrogen-bond donors (Lipinski definition) is 2. The van der Waals surface area contributed by atoms with Crippen molar-refractivity contribution < 1.29 is 9.59 Å². The summed E-state index contributed by atoms with van der Waals surface area (Å²) in [5.74, 6) is -0.369. The minimum Gasteiger partial charge on any atom is -0.322 e. The lowest BCUT2D eigenvalue weighted by atomic mass is 10.1. The first kappa shape index (κ1) is 16.4. The first-order valence-electron chi connectivity index (χ1n) is 8.21. The van der Waals surface area contributed by atoms with E-state index in [4.69, 9.17) is 0 Å². The van der Waals surface area contributed by atoms with Crippen LogP contribution in [0.25, 0.3) is 0 Å². The molecule has 2 amide bonds. The summed E-state index contributed by atoms with van der Waals surface area (Å²) in [7, 11) is 0. The average Bonchev–Trinajstić information content (AvgIpc) is 2.79. The van der Waals surface area contributed by atoms with Gasteiger partial charge in [-0.3, -0.25) is 9.59 Å². The van der Waals surface area contributed by atoms with Gasteiger partial charge in [-0.2, -0.15) is 0 Å². The fourth-order valence-electron chi connectivity index (χ4n) is 2.82. The van der Waals surface area contributed by atoms with E-state index in [1.165, 1.54) is 11.8 Å². The van der Waals surface area contributed by atoms with Crippen LogP contribution in [0.4, 0.5) is 11.4 Å². The van der Waals surface area contributed by atoms with Gasteiger partial charge in [0.1, 0.15) is 0 Å². The average molecular weight is 360 g/mol. The highest BCUT2D eigenvalue weighted by molar-refractivity contribution is 7.99. The summed E-state index contributed by atoms with van der Waals surface area (Å²) in [6.45, 7) is 1.95. The van der Waals surface area contributed by atoms with Crippen LogP contribution in [0.5, 0.6) is 0 Å². The Bertz CT molecular complexity index is 1030. The minimum absolute atomic E-state index is 0.164. The number of amides is 2. The van der Waals surface area contributed by atoms with Crippen molar-refractivity contribution in [3.63, 3.8) is 0 Å². The molecule has 0 spiro atoms. The third-order valence-corrected chi connectivity index (χ3v) is 5.39. The molecule has 0 atom stereocenters. The molecule has 128 valence electrons. The van der Waals surface area contributed by atoms with E-state index in [0.29, 0.717) is 16.8 Å². The molecule has 0 fully saturated rings. The van der Waals surface area contributed by atoms with Crippen LogP contribution in [0.3, 0.4) is 0 Å². The van der Waals surface area contributed by atoms with Crippen LogP contribution in [-0.4, -0.2) is 11.8 Å². The third-order valence-electron chi connectivity index (χ3n) is 4.23. The van der Waals surface area contributed by atoms with E-state index in [0.717, 1.165) is 21.0 Å². The lowest BCUT2D eigenvalue weighted by Gasteiger charge is -2.11. The maximum Gasteiger partial charge on any atom is 0.256 e. The van der Waals surface area contributed by atoms with Crippen molar-refractivity contribution in [3.05, 3.63) is 83.4 Å². The Balaban J connectivity index is 1.64. The third kappa shape index (κ3) is 3.09. The molecule has 4 nitrogen and oxygen atoms in total. The van der Waals surface area contributed by atoms with Crippen molar-refractivity contribution in [3.8, 4) is 0 Å². The van der Waals surface area contributed by atoms with Crippen molar-refractivity contribution in [2.45, 2.75) is 16.7 Å². The second-order valence-corrected chi connectivity index (χ2v) is 7.12. The molecule has 0 aliphatic carbocycles. The van der Waals surface area contributed by atoms with E-state index in [1.54, 1.807) is 18.2 Å². The second-order valence-electron chi connectivity index (χ2n) is 6.03. The lowest BCUT2D eigenvalue weighted by molar-refractivity contribution is 0.101. The first-order valence-corrected chi connectivity index (χ1v) is 9.03. The number of para-hydroxylation sites is 1. The van der Waals surface area contributed by atoms with Gasteiger partial charge in [-0.1, -0.05) is 42.1 Å². The largest absolute Gasteiger partial charge is 0.322 e. The number of fused-ring (bicyclic) bond motifs is 2. The molecular formula is C21H16N2O2S. The van der Waals surface area contributed by atoms with Crippen LogP contribution in [0.15, 0.2) is 76.5 Å². The monoisotopic (exact) mass is 360 g/mol. The van der Waals surface area contributed by atoms with Crippen LogP contribution < -0.4 is 10.6 Å². The van der Waals surface area contributed by atoms with Gasteiger partial charge in [-0.05, 0) is 48.9 Å². The molecular weight excluding hydrogens is 344 g/mol. The van der Waals surface area contributed by atoms with Gasteiger partial charge in [0, 0.05) is 21.0 Å². The number of aryl methyl sites for hydroxylation is 1. The molecule has 1 aliphatic rings. The fraction of sp³-hybridized carbons (Fsp3) is 0.0476. The van der Waals surface area contributed by atoms with Crippen LogP contribution >= 0.6 is 11.8 Å². The molecule has 1 heterocycles. The number of benzene rings is 3. The molecule has 0 saturated carbocycles. The zero-order valence-electron chi connectivity index (χ0n) is 14.1. The molecule has 1 aliphatic heterocycles. The van der Waals surface area contributed by atoms with Crippen LogP contribution in [0.2, 0.25) is 0 Å². The van der Waals surface area contributed by atoms with Crippen LogP contribution in [-0.2, 0) is 0 Å². The Hall–Kier alpha value is -3.05. The smallest absolute Gasteiger partial charge is 0.256 e.